The lowest BCUT2D eigenvalue weighted by Crippen LogP contribution is -2.00. The van der Waals surface area contributed by atoms with Crippen LogP contribution in [0.4, 0.5) is 0 Å². The lowest BCUT2D eigenvalue weighted by atomic mass is 10.2. The molecule has 0 aromatic carbocycles. The molecule has 1 aromatic heterocycles. The van der Waals surface area contributed by atoms with Crippen molar-refractivity contribution in [2.24, 2.45) is 0 Å². The van der Waals surface area contributed by atoms with Crippen molar-refractivity contribution in [1.82, 2.24) is 9.78 Å². The summed E-state index contributed by atoms with van der Waals surface area (Å²) in [7, 11) is 0. The van der Waals surface area contributed by atoms with Crippen LogP contribution in [0, 0.1) is 6.92 Å². The van der Waals surface area contributed by atoms with Crippen LogP contribution in [0.2, 0.25) is 0 Å². The van der Waals surface area contributed by atoms with Crippen LogP contribution in [-0.2, 0) is 17.8 Å². The van der Waals surface area contributed by atoms with Gasteiger partial charge in [-0.3, -0.25) is 9.48 Å². The monoisotopic (exact) mass is 182 g/mol. The number of carboxylic acids is 1. The molecule has 0 bridgehead atoms. The van der Waals surface area contributed by atoms with Gasteiger partial charge in [0, 0.05) is 18.3 Å². The minimum Gasteiger partial charge on any atom is -0.481 e. The molecule has 0 atom stereocenters. The molecule has 72 valence electrons. The zero-order valence-electron chi connectivity index (χ0n) is 7.95. The zero-order chi connectivity index (χ0) is 9.84. The minimum absolute atomic E-state index is 0.0650. The van der Waals surface area contributed by atoms with Gasteiger partial charge in [-0.15, -0.1) is 0 Å². The first-order chi connectivity index (χ1) is 6.13. The van der Waals surface area contributed by atoms with Crippen molar-refractivity contribution in [3.63, 3.8) is 0 Å². The van der Waals surface area contributed by atoms with E-state index in [4.69, 9.17) is 5.11 Å². The lowest BCUT2D eigenvalue weighted by molar-refractivity contribution is -0.136. The van der Waals surface area contributed by atoms with Crippen LogP contribution in [0.15, 0.2) is 6.20 Å². The highest BCUT2D eigenvalue weighted by Crippen LogP contribution is 2.06. The van der Waals surface area contributed by atoms with Gasteiger partial charge in [-0.2, -0.15) is 5.10 Å². The van der Waals surface area contributed by atoms with Crippen molar-refractivity contribution in [3.8, 4) is 0 Å². The molecule has 4 heteroatoms. The van der Waals surface area contributed by atoms with E-state index in [2.05, 4.69) is 12.0 Å². The fourth-order valence-electron chi connectivity index (χ4n) is 1.24. The third-order valence-corrected chi connectivity index (χ3v) is 1.84. The molecule has 0 fully saturated rings. The Hall–Kier alpha value is -1.32. The Kier molecular flexibility index (Phi) is 3.06. The maximum Gasteiger partial charge on any atom is 0.307 e. The molecule has 0 radical (unpaired) electrons. The van der Waals surface area contributed by atoms with Crippen molar-refractivity contribution >= 4 is 5.97 Å². The second-order valence-corrected chi connectivity index (χ2v) is 3.07. The molecular weight excluding hydrogens is 168 g/mol. The van der Waals surface area contributed by atoms with Crippen LogP contribution < -0.4 is 0 Å². The number of nitrogens with zero attached hydrogens (tertiary/aromatic N) is 2. The van der Waals surface area contributed by atoms with Crippen molar-refractivity contribution in [2.75, 3.05) is 0 Å². The van der Waals surface area contributed by atoms with Crippen LogP contribution in [0.3, 0.4) is 0 Å². The summed E-state index contributed by atoms with van der Waals surface area (Å²) in [5.74, 6) is -0.806. The molecule has 0 saturated heterocycles. The van der Waals surface area contributed by atoms with Gasteiger partial charge in [0.1, 0.15) is 0 Å². The Morgan fingerprint density at radius 1 is 1.69 bits per heavy atom. The summed E-state index contributed by atoms with van der Waals surface area (Å²) in [6.07, 6.45) is 2.89. The highest BCUT2D eigenvalue weighted by Gasteiger charge is 2.07. The predicted molar refractivity (Wildman–Crippen MR) is 48.6 cm³/mol. The number of aliphatic carboxylic acids is 1. The topological polar surface area (TPSA) is 55.1 Å². The van der Waals surface area contributed by atoms with Crippen molar-refractivity contribution in [2.45, 2.75) is 33.2 Å². The molecule has 1 N–H and O–H groups in total. The molecule has 1 rings (SSSR count). The maximum absolute atomic E-state index is 10.5. The number of hydrogen-bond donors (Lipinski definition) is 1. The standard InChI is InChI=1S/C9H14N2O2/c1-3-4-11-6-8(5-9(12)13)7(2)10-11/h6H,3-5H2,1-2H3,(H,12,13). The van der Waals surface area contributed by atoms with E-state index in [0.717, 1.165) is 24.2 Å². The van der Waals surface area contributed by atoms with Gasteiger partial charge in [0.05, 0.1) is 12.1 Å². The first-order valence-corrected chi connectivity index (χ1v) is 4.38. The molecule has 0 aliphatic heterocycles. The van der Waals surface area contributed by atoms with Gasteiger partial charge >= 0.3 is 5.97 Å². The Balaban J connectivity index is 2.77. The van der Waals surface area contributed by atoms with Crippen LogP contribution in [0.5, 0.6) is 0 Å². The summed E-state index contributed by atoms with van der Waals surface area (Å²) < 4.78 is 1.80. The molecule has 4 nitrogen and oxygen atoms in total. The molecule has 1 aromatic rings. The van der Waals surface area contributed by atoms with Crippen molar-refractivity contribution in [3.05, 3.63) is 17.5 Å². The second-order valence-electron chi connectivity index (χ2n) is 3.07. The molecule has 0 unspecified atom stereocenters. The summed E-state index contributed by atoms with van der Waals surface area (Å²) in [6, 6.07) is 0. The highest BCUT2D eigenvalue weighted by atomic mass is 16.4. The van der Waals surface area contributed by atoms with Crippen LogP contribution >= 0.6 is 0 Å². The Morgan fingerprint density at radius 3 is 2.92 bits per heavy atom. The number of carboxylic acid groups (broad SMARTS) is 1. The summed E-state index contributed by atoms with van der Waals surface area (Å²) in [5.41, 5.74) is 1.62. The average Bonchev–Trinajstić information content (AvgIpc) is 2.31. The molecule has 0 spiro atoms. The normalized spacial score (nSPS) is 10.3. The number of carbonyl (C=O) groups is 1. The summed E-state index contributed by atoms with van der Waals surface area (Å²) in [5, 5.41) is 12.8. The van der Waals surface area contributed by atoms with E-state index in [9.17, 15) is 4.79 Å². The van der Waals surface area contributed by atoms with E-state index in [1.165, 1.54) is 0 Å². The van der Waals surface area contributed by atoms with Crippen LogP contribution in [-0.4, -0.2) is 20.9 Å². The Bertz CT molecular complexity index is 305. The van der Waals surface area contributed by atoms with E-state index < -0.39 is 5.97 Å². The maximum atomic E-state index is 10.5. The summed E-state index contributed by atoms with van der Waals surface area (Å²) in [4.78, 5) is 10.5. The Labute approximate surface area is 77.2 Å². The number of hydrogen-bond acceptors (Lipinski definition) is 2. The SMILES string of the molecule is CCCn1cc(CC(=O)O)c(C)n1. The van der Waals surface area contributed by atoms with E-state index in [1.807, 2.05) is 13.1 Å². The van der Waals surface area contributed by atoms with Gasteiger partial charge in [0.15, 0.2) is 0 Å². The largest absolute Gasteiger partial charge is 0.481 e. The van der Waals surface area contributed by atoms with E-state index in [1.54, 1.807) is 4.68 Å². The third-order valence-electron chi connectivity index (χ3n) is 1.84. The number of aromatic nitrogens is 2. The van der Waals surface area contributed by atoms with Crippen molar-refractivity contribution in [1.29, 1.82) is 0 Å². The van der Waals surface area contributed by atoms with Gasteiger partial charge in [-0.25, -0.2) is 0 Å². The van der Waals surface area contributed by atoms with Crippen molar-refractivity contribution < 1.29 is 9.90 Å². The van der Waals surface area contributed by atoms with Gasteiger partial charge in [0.2, 0.25) is 0 Å². The molecule has 1 heterocycles. The molecule has 0 aliphatic carbocycles. The average molecular weight is 182 g/mol. The predicted octanol–water partition coefficient (Wildman–Crippen LogP) is 1.23. The smallest absolute Gasteiger partial charge is 0.307 e. The minimum atomic E-state index is -0.806. The molecule has 0 amide bonds. The highest BCUT2D eigenvalue weighted by molar-refractivity contribution is 5.70. The third kappa shape index (κ3) is 2.57. The van der Waals surface area contributed by atoms with Gasteiger partial charge in [0.25, 0.3) is 0 Å². The summed E-state index contributed by atoms with van der Waals surface area (Å²) >= 11 is 0. The summed E-state index contributed by atoms with van der Waals surface area (Å²) in [6.45, 7) is 4.75. The van der Waals surface area contributed by atoms with E-state index >= 15 is 0 Å². The van der Waals surface area contributed by atoms with Crippen LogP contribution in [0.25, 0.3) is 0 Å². The number of rotatable bonds is 4. The fraction of sp³-hybridized carbons (Fsp3) is 0.556. The second kappa shape index (κ2) is 4.07. The van der Waals surface area contributed by atoms with Crippen LogP contribution in [0.1, 0.15) is 24.6 Å². The van der Waals surface area contributed by atoms with Gasteiger partial charge < -0.3 is 5.11 Å². The Morgan fingerprint density at radius 2 is 2.38 bits per heavy atom. The van der Waals surface area contributed by atoms with E-state index in [-0.39, 0.29) is 6.42 Å². The zero-order valence-corrected chi connectivity index (χ0v) is 7.95. The molecule has 0 saturated carbocycles. The molecule has 13 heavy (non-hydrogen) atoms. The number of aryl methyl sites for hydroxylation is 2. The van der Waals surface area contributed by atoms with Gasteiger partial charge in [-0.1, -0.05) is 6.92 Å². The first-order valence-electron chi connectivity index (χ1n) is 4.38. The quantitative estimate of drug-likeness (QED) is 0.761. The first kappa shape index (κ1) is 9.77. The lowest BCUT2D eigenvalue weighted by Gasteiger charge is -1.94. The molecule has 0 aliphatic rings. The molecular formula is C9H14N2O2. The fourth-order valence-corrected chi connectivity index (χ4v) is 1.24. The van der Waals surface area contributed by atoms with Gasteiger partial charge in [-0.05, 0) is 13.3 Å². The van der Waals surface area contributed by atoms with E-state index in [0.29, 0.717) is 0 Å².